The van der Waals surface area contributed by atoms with E-state index < -0.39 is 0 Å². The van der Waals surface area contributed by atoms with E-state index in [0.29, 0.717) is 0 Å². The zero-order valence-corrected chi connectivity index (χ0v) is 11.9. The Morgan fingerprint density at radius 3 is 2.71 bits per heavy atom. The van der Waals surface area contributed by atoms with Crippen molar-refractivity contribution in [1.82, 2.24) is 10.2 Å². The summed E-state index contributed by atoms with van der Waals surface area (Å²) in [5, 5.41) is 3.72. The predicted molar refractivity (Wildman–Crippen MR) is 74.2 cm³/mol. The van der Waals surface area contributed by atoms with Crippen LogP contribution in [-0.4, -0.2) is 36.6 Å². The van der Waals surface area contributed by atoms with Crippen LogP contribution < -0.4 is 5.32 Å². The molecular formula is C15H30N2. The van der Waals surface area contributed by atoms with E-state index >= 15 is 0 Å². The van der Waals surface area contributed by atoms with Gasteiger partial charge in [-0.3, -0.25) is 4.90 Å². The molecular weight excluding hydrogens is 208 g/mol. The molecule has 2 aliphatic rings. The minimum absolute atomic E-state index is 0.754. The standard InChI is InChI=1S/C15H30N2/c1-4-14-5-7-16-15(10-14)11-17-8-6-12(2)9-13(17)3/h12-16H,4-11H2,1-3H3. The first kappa shape index (κ1) is 13.4. The average molecular weight is 238 g/mol. The van der Waals surface area contributed by atoms with Gasteiger partial charge in [0.1, 0.15) is 0 Å². The molecule has 2 fully saturated rings. The van der Waals surface area contributed by atoms with Crippen LogP contribution in [0.4, 0.5) is 0 Å². The highest BCUT2D eigenvalue weighted by atomic mass is 15.2. The van der Waals surface area contributed by atoms with Crippen LogP contribution in [0.3, 0.4) is 0 Å². The summed E-state index contributed by atoms with van der Waals surface area (Å²) in [7, 11) is 0. The van der Waals surface area contributed by atoms with Gasteiger partial charge in [0.05, 0.1) is 0 Å². The second-order valence-electron chi connectivity index (χ2n) is 6.42. The molecule has 0 aromatic rings. The Bertz CT molecular complexity index is 229. The van der Waals surface area contributed by atoms with Crippen molar-refractivity contribution in [1.29, 1.82) is 0 Å². The highest BCUT2D eigenvalue weighted by molar-refractivity contribution is 4.84. The molecule has 2 aliphatic heterocycles. The number of piperidine rings is 2. The average Bonchev–Trinajstić information content (AvgIpc) is 2.33. The monoisotopic (exact) mass is 238 g/mol. The smallest absolute Gasteiger partial charge is 0.0197 e. The zero-order chi connectivity index (χ0) is 12.3. The Labute approximate surface area is 107 Å². The largest absolute Gasteiger partial charge is 0.313 e. The van der Waals surface area contributed by atoms with Crippen molar-refractivity contribution in [2.24, 2.45) is 11.8 Å². The Morgan fingerprint density at radius 2 is 2.00 bits per heavy atom. The van der Waals surface area contributed by atoms with E-state index in [4.69, 9.17) is 0 Å². The molecule has 100 valence electrons. The lowest BCUT2D eigenvalue weighted by Crippen LogP contribution is -2.50. The second kappa shape index (κ2) is 6.19. The second-order valence-corrected chi connectivity index (χ2v) is 6.42. The molecule has 0 radical (unpaired) electrons. The van der Waals surface area contributed by atoms with Crippen molar-refractivity contribution in [3.63, 3.8) is 0 Å². The van der Waals surface area contributed by atoms with Gasteiger partial charge < -0.3 is 5.32 Å². The maximum absolute atomic E-state index is 3.72. The molecule has 4 atom stereocenters. The summed E-state index contributed by atoms with van der Waals surface area (Å²) in [4.78, 5) is 2.72. The summed E-state index contributed by atoms with van der Waals surface area (Å²) < 4.78 is 0. The van der Waals surface area contributed by atoms with Gasteiger partial charge in [0.2, 0.25) is 0 Å². The van der Waals surface area contributed by atoms with E-state index in [1.807, 2.05) is 0 Å². The fourth-order valence-corrected chi connectivity index (χ4v) is 3.62. The molecule has 0 aromatic heterocycles. The minimum atomic E-state index is 0.754. The van der Waals surface area contributed by atoms with Crippen molar-refractivity contribution < 1.29 is 0 Å². The summed E-state index contributed by atoms with van der Waals surface area (Å²) in [5.41, 5.74) is 0. The van der Waals surface area contributed by atoms with Crippen LogP contribution in [0.2, 0.25) is 0 Å². The summed E-state index contributed by atoms with van der Waals surface area (Å²) >= 11 is 0. The van der Waals surface area contributed by atoms with Crippen molar-refractivity contribution in [3.05, 3.63) is 0 Å². The van der Waals surface area contributed by atoms with Crippen molar-refractivity contribution in [2.45, 2.75) is 65.0 Å². The first-order valence-electron chi connectivity index (χ1n) is 7.66. The van der Waals surface area contributed by atoms with Crippen molar-refractivity contribution in [3.8, 4) is 0 Å². The van der Waals surface area contributed by atoms with Crippen LogP contribution in [0, 0.1) is 11.8 Å². The third-order valence-corrected chi connectivity index (χ3v) is 4.91. The van der Waals surface area contributed by atoms with Gasteiger partial charge in [-0.15, -0.1) is 0 Å². The van der Waals surface area contributed by atoms with Gasteiger partial charge in [-0.05, 0) is 57.5 Å². The quantitative estimate of drug-likeness (QED) is 0.813. The van der Waals surface area contributed by atoms with Crippen LogP contribution in [0.1, 0.15) is 52.9 Å². The fraction of sp³-hybridized carbons (Fsp3) is 1.00. The number of nitrogens with one attached hydrogen (secondary N) is 1. The van der Waals surface area contributed by atoms with E-state index in [2.05, 4.69) is 31.0 Å². The fourth-order valence-electron chi connectivity index (χ4n) is 3.62. The Hall–Kier alpha value is -0.0800. The molecule has 0 aromatic carbocycles. The Balaban J connectivity index is 1.79. The minimum Gasteiger partial charge on any atom is -0.313 e. The van der Waals surface area contributed by atoms with Crippen LogP contribution >= 0.6 is 0 Å². The Kier molecular flexibility index (Phi) is 4.87. The molecule has 0 aliphatic carbocycles. The van der Waals surface area contributed by atoms with Gasteiger partial charge in [-0.25, -0.2) is 0 Å². The topological polar surface area (TPSA) is 15.3 Å². The van der Waals surface area contributed by atoms with E-state index in [1.165, 1.54) is 51.7 Å². The molecule has 0 amide bonds. The lowest BCUT2D eigenvalue weighted by atomic mass is 9.88. The van der Waals surface area contributed by atoms with Gasteiger partial charge in [-0.2, -0.15) is 0 Å². The van der Waals surface area contributed by atoms with Crippen molar-refractivity contribution >= 4 is 0 Å². The number of hydrogen-bond acceptors (Lipinski definition) is 2. The van der Waals surface area contributed by atoms with Gasteiger partial charge in [0.25, 0.3) is 0 Å². The van der Waals surface area contributed by atoms with E-state index in [9.17, 15) is 0 Å². The lowest BCUT2D eigenvalue weighted by molar-refractivity contribution is 0.105. The molecule has 0 saturated carbocycles. The van der Waals surface area contributed by atoms with E-state index in [0.717, 1.165) is 23.9 Å². The summed E-state index contributed by atoms with van der Waals surface area (Å²) in [6.45, 7) is 11.0. The summed E-state index contributed by atoms with van der Waals surface area (Å²) in [5.74, 6) is 1.91. The predicted octanol–water partition coefficient (Wildman–Crippen LogP) is 2.89. The van der Waals surface area contributed by atoms with Crippen LogP contribution in [0.25, 0.3) is 0 Å². The van der Waals surface area contributed by atoms with Gasteiger partial charge >= 0.3 is 0 Å². The molecule has 2 heteroatoms. The van der Waals surface area contributed by atoms with E-state index in [1.54, 1.807) is 0 Å². The molecule has 2 saturated heterocycles. The Morgan fingerprint density at radius 1 is 1.18 bits per heavy atom. The van der Waals surface area contributed by atoms with Crippen LogP contribution in [0.15, 0.2) is 0 Å². The highest BCUT2D eigenvalue weighted by Crippen LogP contribution is 2.25. The van der Waals surface area contributed by atoms with Crippen molar-refractivity contribution in [2.75, 3.05) is 19.6 Å². The van der Waals surface area contributed by atoms with Gasteiger partial charge in [0, 0.05) is 18.6 Å². The third kappa shape index (κ3) is 3.69. The zero-order valence-electron chi connectivity index (χ0n) is 11.9. The maximum atomic E-state index is 3.72. The maximum Gasteiger partial charge on any atom is 0.0197 e. The number of nitrogens with zero attached hydrogens (tertiary/aromatic N) is 1. The highest BCUT2D eigenvalue weighted by Gasteiger charge is 2.27. The number of hydrogen-bond donors (Lipinski definition) is 1. The van der Waals surface area contributed by atoms with Crippen LogP contribution in [0.5, 0.6) is 0 Å². The molecule has 0 bridgehead atoms. The molecule has 0 spiro atoms. The van der Waals surface area contributed by atoms with E-state index in [-0.39, 0.29) is 0 Å². The number of rotatable bonds is 3. The number of likely N-dealkylation sites (tertiary alicyclic amines) is 1. The molecule has 4 unspecified atom stereocenters. The lowest BCUT2D eigenvalue weighted by Gasteiger charge is -2.40. The molecule has 2 heterocycles. The van der Waals surface area contributed by atoms with Gasteiger partial charge in [0.15, 0.2) is 0 Å². The molecule has 2 nitrogen and oxygen atoms in total. The first-order valence-corrected chi connectivity index (χ1v) is 7.66. The summed E-state index contributed by atoms with van der Waals surface area (Å²) in [6, 6.07) is 1.55. The first-order chi connectivity index (χ1) is 8.19. The molecule has 1 N–H and O–H groups in total. The summed E-state index contributed by atoms with van der Waals surface area (Å²) in [6.07, 6.45) is 6.94. The molecule has 17 heavy (non-hydrogen) atoms. The normalized spacial score (nSPS) is 40.4. The third-order valence-electron chi connectivity index (χ3n) is 4.91. The molecule has 2 rings (SSSR count). The van der Waals surface area contributed by atoms with Gasteiger partial charge in [-0.1, -0.05) is 20.3 Å². The SMILES string of the molecule is CCC1CCNC(CN2CCC(C)CC2C)C1. The van der Waals surface area contributed by atoms with Crippen LogP contribution in [-0.2, 0) is 0 Å².